The smallest absolute Gasteiger partial charge is 0.404 e. The number of phosphoric ester groups is 1. The molecule has 0 amide bonds. The molecule has 1 aromatic carbocycles. The van der Waals surface area contributed by atoms with Crippen LogP contribution < -0.4 is 10.2 Å². The van der Waals surface area contributed by atoms with E-state index in [1.54, 1.807) is 0 Å². The second-order valence-corrected chi connectivity index (χ2v) is 8.76. The number of aromatic amines is 1. The van der Waals surface area contributed by atoms with Gasteiger partial charge in [-0.3, -0.25) is 18.6 Å². The molecule has 1 saturated heterocycles. The van der Waals surface area contributed by atoms with Crippen LogP contribution in [0.15, 0.2) is 35.3 Å². The second kappa shape index (κ2) is 7.81. The first-order valence-electron chi connectivity index (χ1n) is 9.33. The van der Waals surface area contributed by atoms with Crippen LogP contribution in [0.2, 0.25) is 5.02 Å². The lowest BCUT2D eigenvalue weighted by molar-refractivity contribution is -0.205. The van der Waals surface area contributed by atoms with Crippen LogP contribution in [0.5, 0.6) is 5.75 Å². The van der Waals surface area contributed by atoms with Crippen LogP contribution >= 0.6 is 31.6 Å². The Labute approximate surface area is 181 Å². The minimum atomic E-state index is -4.75. The zero-order chi connectivity index (χ0) is 23.5. The molecule has 14 heteroatoms. The lowest BCUT2D eigenvalue weighted by Crippen LogP contribution is -2.43. The van der Waals surface area contributed by atoms with Gasteiger partial charge in [-0.15, -0.1) is 0 Å². The molecule has 1 unspecified atom stereocenters. The summed E-state index contributed by atoms with van der Waals surface area (Å²) in [5, 5.41) is 20.8. The molecule has 2 aliphatic rings. The third kappa shape index (κ3) is 3.97. The minimum Gasteiger partial charge on any atom is -0.404 e. The maximum Gasteiger partial charge on any atom is 0.530 e. The van der Waals surface area contributed by atoms with Crippen molar-refractivity contribution in [2.24, 2.45) is 0 Å². The number of nitrogens with zero attached hydrogens (tertiary/aromatic N) is 1. The van der Waals surface area contributed by atoms with E-state index in [2.05, 4.69) is 4.98 Å². The topological polar surface area (TPSA) is 132 Å². The zero-order valence-electron chi connectivity index (χ0n) is 16.7. The lowest BCUT2D eigenvalue weighted by atomic mass is 10.1. The molecule has 162 valence electrons. The summed E-state index contributed by atoms with van der Waals surface area (Å²) in [6, 6.07) is 5.44. The predicted octanol–water partition coefficient (Wildman–Crippen LogP) is 2.21. The molecular weight excluding hydrogens is 466 g/mol. The Balaban J connectivity index is 1.61. The number of halogens is 2. The molecule has 0 spiro atoms. The van der Waals surface area contributed by atoms with E-state index in [1.165, 1.54) is 24.3 Å². The summed E-state index contributed by atoms with van der Waals surface area (Å²) in [5.41, 5.74) is -0.530. The van der Waals surface area contributed by atoms with Gasteiger partial charge in [0, 0.05) is 16.8 Å². The molecule has 0 saturated carbocycles. The summed E-state index contributed by atoms with van der Waals surface area (Å²) in [5.74, 6) is -3.78. The zero-order valence-corrected chi connectivity index (χ0v) is 17.2. The number of H-pyrrole nitrogens is 1. The van der Waals surface area contributed by atoms with Gasteiger partial charge in [-0.05, 0) is 24.3 Å². The Hall–Kier alpha value is -1.63. The highest BCUT2D eigenvalue weighted by molar-refractivity contribution is 7.71. The van der Waals surface area contributed by atoms with Crippen LogP contribution in [0.1, 0.15) is 14.5 Å². The number of alkyl halides is 1. The maximum absolute atomic E-state index is 15.6. The number of ether oxygens (including phenoxy) is 1. The van der Waals surface area contributed by atoms with Crippen LogP contribution in [0, 0.1) is 4.64 Å². The van der Waals surface area contributed by atoms with E-state index in [9.17, 15) is 19.6 Å². The Morgan fingerprint density at radius 2 is 2.27 bits per heavy atom. The molecular formula is C16H15ClFN2O8PS. The summed E-state index contributed by atoms with van der Waals surface area (Å²) >= 11 is 10.6. The highest BCUT2D eigenvalue weighted by atomic mass is 35.5. The number of nitrogens with one attached hydrogen (secondary N) is 1. The third-order valence-corrected chi connectivity index (χ3v) is 5.97. The third-order valence-electron chi connectivity index (χ3n) is 4.32. The van der Waals surface area contributed by atoms with E-state index in [-0.39, 0.29) is 17.0 Å². The van der Waals surface area contributed by atoms with E-state index in [0.717, 1.165) is 6.20 Å². The second-order valence-electron chi connectivity index (χ2n) is 6.36. The van der Waals surface area contributed by atoms with Crippen LogP contribution in [0.3, 0.4) is 0 Å². The summed E-state index contributed by atoms with van der Waals surface area (Å²) in [7, 11) is -4.75. The average molecular weight is 483 g/mol. The van der Waals surface area contributed by atoms with Crippen molar-refractivity contribution in [1.29, 1.82) is 0 Å². The van der Waals surface area contributed by atoms with Crippen LogP contribution in [0.25, 0.3) is 0 Å². The number of aromatic nitrogens is 2. The van der Waals surface area contributed by atoms with Gasteiger partial charge < -0.3 is 19.5 Å². The first-order valence-corrected chi connectivity index (χ1v) is 10.6. The van der Waals surface area contributed by atoms with E-state index in [1.807, 2.05) is 0 Å². The number of aliphatic hydroxyl groups excluding tert-OH is 2. The van der Waals surface area contributed by atoms with E-state index >= 15 is 4.39 Å². The number of phosphoric acid groups is 1. The number of fused-ring (bicyclic) bond motifs is 1. The molecule has 0 radical (unpaired) electrons. The van der Waals surface area contributed by atoms with Gasteiger partial charge in [0.1, 0.15) is 29.2 Å². The molecule has 1 aromatic heterocycles. The summed E-state index contributed by atoms with van der Waals surface area (Å²) in [4.78, 5) is 14.3. The first-order chi connectivity index (χ1) is 14.9. The highest BCUT2D eigenvalue weighted by Gasteiger charge is 2.57. The van der Waals surface area contributed by atoms with Gasteiger partial charge in [0.05, 0.1) is 9.35 Å². The number of aliphatic hydroxyl groups is 2. The number of rotatable bonds is 4. The van der Waals surface area contributed by atoms with Crippen molar-refractivity contribution in [3.05, 3.63) is 56.2 Å². The molecule has 2 aliphatic heterocycles. The van der Waals surface area contributed by atoms with Crippen molar-refractivity contribution < 1.29 is 40.2 Å². The normalized spacial score (nSPS) is 34.6. The lowest BCUT2D eigenvalue weighted by Gasteiger charge is -2.28. The molecule has 0 aliphatic carbocycles. The fourth-order valence-electron chi connectivity index (χ4n) is 2.83. The number of benzene rings is 1. The van der Waals surface area contributed by atoms with Gasteiger partial charge in [-0.2, -0.15) is 0 Å². The van der Waals surface area contributed by atoms with Gasteiger partial charge in [0.25, 0.3) is 5.85 Å². The molecule has 2 aromatic rings. The number of hydrogen-bond acceptors (Lipinski definition) is 9. The summed E-state index contributed by atoms with van der Waals surface area (Å²) in [6.07, 6.45) is -5.48. The Bertz CT molecular complexity index is 1230. The predicted molar refractivity (Wildman–Crippen MR) is 102 cm³/mol. The van der Waals surface area contributed by atoms with Crippen molar-refractivity contribution in [1.82, 2.24) is 9.55 Å². The quantitative estimate of drug-likeness (QED) is 0.443. The molecule has 0 bridgehead atoms. The Morgan fingerprint density at radius 1 is 1.50 bits per heavy atom. The van der Waals surface area contributed by atoms with Gasteiger partial charge in [-0.1, -0.05) is 23.8 Å². The van der Waals surface area contributed by atoms with E-state index in [4.69, 9.17) is 44.9 Å². The monoisotopic (exact) mass is 482 g/mol. The molecule has 3 heterocycles. The van der Waals surface area contributed by atoms with Crippen LogP contribution in [-0.4, -0.2) is 44.4 Å². The van der Waals surface area contributed by atoms with Crippen molar-refractivity contribution in [2.45, 2.75) is 30.9 Å². The molecule has 3 N–H and O–H groups in total. The van der Waals surface area contributed by atoms with Gasteiger partial charge in [0.15, 0.2) is 6.23 Å². The molecule has 30 heavy (non-hydrogen) atoms. The SMILES string of the molecule is [2H]C([2H])(OP1(=O)OCc2cc(Cl)ccc2O1)[C@@]1(F)O[C@@H](n2ccc(=S)[nH]c2=O)[C@H](O)[C@@H]1O. The summed E-state index contributed by atoms with van der Waals surface area (Å²) in [6.45, 7) is -4.03. The molecule has 10 nitrogen and oxygen atoms in total. The van der Waals surface area contributed by atoms with Gasteiger partial charge in [0.2, 0.25) is 0 Å². The fraction of sp³-hybridized carbons (Fsp3) is 0.375. The van der Waals surface area contributed by atoms with Gasteiger partial charge >= 0.3 is 13.5 Å². The molecule has 5 atom stereocenters. The van der Waals surface area contributed by atoms with Crippen LogP contribution in [0.4, 0.5) is 4.39 Å². The largest absolute Gasteiger partial charge is 0.530 e. The van der Waals surface area contributed by atoms with E-state index in [0.29, 0.717) is 15.2 Å². The average Bonchev–Trinajstić information content (AvgIpc) is 2.93. The Morgan fingerprint density at radius 3 is 3.00 bits per heavy atom. The van der Waals surface area contributed by atoms with Gasteiger partial charge in [-0.25, -0.2) is 13.8 Å². The van der Waals surface area contributed by atoms with Crippen molar-refractivity contribution in [2.75, 3.05) is 6.56 Å². The summed E-state index contributed by atoms with van der Waals surface area (Å²) < 4.78 is 64.8. The van der Waals surface area contributed by atoms with E-state index < -0.39 is 44.4 Å². The molecule has 4 rings (SSSR count). The Kier molecular flexibility index (Phi) is 4.97. The van der Waals surface area contributed by atoms with Crippen LogP contribution in [-0.2, 0) is 25.0 Å². The molecule has 1 fully saturated rings. The maximum atomic E-state index is 15.6. The standard InChI is InChI=1S/C16H15ClFN2O8PS/c17-9-1-2-10-8(5-9)6-25-29(24,28-10)26-7-16(18)13(22)12(21)14(27-16)20-4-3-11(30)19-15(20)23/h1-5,12-14,21-22H,6-7H2,(H,19,23,30)/t12-,13+,14-,16-,29?/m1/s1/i7D2. The minimum absolute atomic E-state index is 0.00425. The number of hydrogen-bond donors (Lipinski definition) is 3. The van der Waals surface area contributed by atoms with Crippen molar-refractivity contribution in [3.63, 3.8) is 0 Å². The fourth-order valence-corrected chi connectivity index (χ4v) is 4.27. The van der Waals surface area contributed by atoms with Crippen molar-refractivity contribution >= 4 is 31.6 Å². The first kappa shape index (κ1) is 19.1. The highest BCUT2D eigenvalue weighted by Crippen LogP contribution is 2.55. The van der Waals surface area contributed by atoms with Crippen molar-refractivity contribution in [3.8, 4) is 5.75 Å².